The summed E-state index contributed by atoms with van der Waals surface area (Å²) in [7, 11) is 1.69. The van der Waals surface area contributed by atoms with Crippen LogP contribution in [0.5, 0.6) is 0 Å². The van der Waals surface area contributed by atoms with Crippen molar-refractivity contribution in [2.45, 2.75) is 65.2 Å². The maximum Gasteiger partial charge on any atom is 0.241 e. The zero-order valence-electron chi connectivity index (χ0n) is 12.4. The molecule has 1 fully saturated rings. The second-order valence-electron chi connectivity index (χ2n) is 5.70. The van der Waals surface area contributed by atoms with Gasteiger partial charge in [0.1, 0.15) is 0 Å². The minimum absolute atomic E-state index is 0.00180. The van der Waals surface area contributed by atoms with Crippen LogP contribution in [0.4, 0.5) is 0 Å². The molecular formula is C14H28N2O2. The molecule has 3 unspecified atom stereocenters. The number of methoxy groups -OCH3 is 1. The van der Waals surface area contributed by atoms with Gasteiger partial charge in [-0.3, -0.25) is 10.1 Å². The summed E-state index contributed by atoms with van der Waals surface area (Å²) in [4.78, 5) is 14.4. The van der Waals surface area contributed by atoms with Gasteiger partial charge in [-0.1, -0.05) is 27.2 Å². The molecule has 4 heteroatoms. The Hall–Kier alpha value is -0.610. The van der Waals surface area contributed by atoms with Gasteiger partial charge in [-0.25, -0.2) is 0 Å². The van der Waals surface area contributed by atoms with Crippen molar-refractivity contribution in [3.63, 3.8) is 0 Å². The third-order valence-electron chi connectivity index (χ3n) is 3.44. The number of carbonyl (C=O) groups excluding carboxylic acids is 1. The van der Waals surface area contributed by atoms with Gasteiger partial charge in [0, 0.05) is 7.11 Å². The molecule has 18 heavy (non-hydrogen) atoms. The van der Waals surface area contributed by atoms with E-state index in [-0.39, 0.29) is 24.2 Å². The highest BCUT2D eigenvalue weighted by Gasteiger charge is 2.40. The topological polar surface area (TPSA) is 41.6 Å². The maximum absolute atomic E-state index is 12.4. The monoisotopic (exact) mass is 256 g/mol. The predicted molar refractivity (Wildman–Crippen MR) is 73.3 cm³/mol. The highest BCUT2D eigenvalue weighted by Crippen LogP contribution is 2.22. The van der Waals surface area contributed by atoms with Gasteiger partial charge in [-0.05, 0) is 25.7 Å². The summed E-state index contributed by atoms with van der Waals surface area (Å²) in [5.41, 5.74) is 0. The lowest BCUT2D eigenvalue weighted by molar-refractivity contribution is -0.133. The van der Waals surface area contributed by atoms with Crippen LogP contribution in [0.1, 0.15) is 47.0 Å². The molecule has 0 bridgehead atoms. The molecule has 3 atom stereocenters. The fourth-order valence-corrected chi connectivity index (χ4v) is 2.69. The normalized spacial score (nSPS) is 26.1. The molecule has 4 nitrogen and oxygen atoms in total. The highest BCUT2D eigenvalue weighted by molar-refractivity contribution is 5.84. The molecule has 0 saturated carbocycles. The van der Waals surface area contributed by atoms with E-state index in [2.05, 4.69) is 33.0 Å². The lowest BCUT2D eigenvalue weighted by Gasteiger charge is -2.30. The molecule has 0 radical (unpaired) electrons. The molecule has 1 saturated heterocycles. The number of carbonyl (C=O) groups is 1. The van der Waals surface area contributed by atoms with Crippen LogP contribution >= 0.6 is 0 Å². The maximum atomic E-state index is 12.4. The Balaban J connectivity index is 2.75. The second-order valence-corrected chi connectivity index (χ2v) is 5.70. The van der Waals surface area contributed by atoms with Crippen molar-refractivity contribution >= 4 is 5.91 Å². The number of rotatable bonds is 7. The van der Waals surface area contributed by atoms with E-state index in [1.165, 1.54) is 0 Å². The van der Waals surface area contributed by atoms with Crippen LogP contribution in [0, 0.1) is 5.92 Å². The molecule has 1 rings (SSSR count). The highest BCUT2D eigenvalue weighted by atomic mass is 16.5. The number of hydrogen-bond donors (Lipinski definition) is 1. The van der Waals surface area contributed by atoms with Gasteiger partial charge in [0.25, 0.3) is 0 Å². The summed E-state index contributed by atoms with van der Waals surface area (Å²) in [6.45, 7) is 9.16. The third-order valence-corrected chi connectivity index (χ3v) is 3.44. The number of amides is 1. The van der Waals surface area contributed by atoms with Crippen molar-refractivity contribution in [3.05, 3.63) is 0 Å². The van der Waals surface area contributed by atoms with Crippen LogP contribution in [0.25, 0.3) is 0 Å². The molecule has 1 aliphatic rings. The van der Waals surface area contributed by atoms with Crippen molar-refractivity contribution in [2.24, 2.45) is 5.92 Å². The summed E-state index contributed by atoms with van der Waals surface area (Å²) < 4.78 is 5.19. The van der Waals surface area contributed by atoms with E-state index in [0.29, 0.717) is 12.5 Å². The summed E-state index contributed by atoms with van der Waals surface area (Å²) in [6.07, 6.45) is 3.12. The van der Waals surface area contributed by atoms with E-state index in [1.54, 1.807) is 7.11 Å². The van der Waals surface area contributed by atoms with Crippen LogP contribution in [0.3, 0.4) is 0 Å². The third kappa shape index (κ3) is 3.69. The van der Waals surface area contributed by atoms with Crippen LogP contribution in [0.2, 0.25) is 0 Å². The quantitative estimate of drug-likeness (QED) is 0.757. The van der Waals surface area contributed by atoms with Crippen molar-refractivity contribution in [3.8, 4) is 0 Å². The number of hydrogen-bond acceptors (Lipinski definition) is 3. The van der Waals surface area contributed by atoms with Crippen molar-refractivity contribution < 1.29 is 9.53 Å². The molecule has 0 aromatic heterocycles. The van der Waals surface area contributed by atoms with Gasteiger partial charge in [0.05, 0.1) is 24.9 Å². The average Bonchev–Trinajstić information content (AvgIpc) is 2.55. The van der Waals surface area contributed by atoms with E-state index in [1.807, 2.05) is 4.90 Å². The van der Waals surface area contributed by atoms with Gasteiger partial charge in [0.2, 0.25) is 5.91 Å². The standard InChI is InChI=1S/C14H28N2O2/c1-6-7-12-14(17)16(11(4)9-18-5)13(15-12)8-10(2)3/h10-13,15H,6-9H2,1-5H3. The average molecular weight is 256 g/mol. The Morgan fingerprint density at radius 2 is 2.06 bits per heavy atom. The Bertz CT molecular complexity index is 269. The van der Waals surface area contributed by atoms with Gasteiger partial charge < -0.3 is 9.64 Å². The summed E-state index contributed by atoms with van der Waals surface area (Å²) in [6, 6.07) is 0.138. The van der Waals surface area contributed by atoms with E-state index < -0.39 is 0 Å². The molecule has 0 aliphatic carbocycles. The van der Waals surface area contributed by atoms with Crippen LogP contribution in [-0.2, 0) is 9.53 Å². The first kappa shape index (κ1) is 15.4. The minimum atomic E-state index is -0.00180. The Morgan fingerprint density at radius 3 is 2.56 bits per heavy atom. The molecule has 1 heterocycles. The Morgan fingerprint density at radius 1 is 1.39 bits per heavy atom. The zero-order chi connectivity index (χ0) is 13.7. The van der Waals surface area contributed by atoms with E-state index in [4.69, 9.17) is 4.74 Å². The minimum Gasteiger partial charge on any atom is -0.383 e. The van der Waals surface area contributed by atoms with Gasteiger partial charge in [-0.2, -0.15) is 0 Å². The lowest BCUT2D eigenvalue weighted by atomic mass is 10.1. The molecule has 0 aromatic carbocycles. The van der Waals surface area contributed by atoms with Crippen molar-refractivity contribution in [1.29, 1.82) is 0 Å². The largest absolute Gasteiger partial charge is 0.383 e. The molecule has 1 N–H and O–H groups in total. The first-order valence-electron chi connectivity index (χ1n) is 7.08. The van der Waals surface area contributed by atoms with Gasteiger partial charge in [-0.15, -0.1) is 0 Å². The molecule has 0 spiro atoms. The summed E-state index contributed by atoms with van der Waals surface area (Å²) in [5, 5.41) is 3.48. The second kappa shape index (κ2) is 7.10. The molecule has 106 valence electrons. The van der Waals surface area contributed by atoms with Gasteiger partial charge in [0.15, 0.2) is 0 Å². The SMILES string of the molecule is CCCC1NC(CC(C)C)N(C(C)COC)C1=O. The first-order valence-corrected chi connectivity index (χ1v) is 7.08. The number of nitrogens with zero attached hydrogens (tertiary/aromatic N) is 1. The lowest BCUT2D eigenvalue weighted by Crippen LogP contribution is -2.45. The molecule has 0 aromatic rings. The van der Waals surface area contributed by atoms with Crippen LogP contribution < -0.4 is 5.32 Å². The molecule has 1 amide bonds. The predicted octanol–water partition coefficient (Wildman–Crippen LogP) is 1.99. The molecular weight excluding hydrogens is 228 g/mol. The van der Waals surface area contributed by atoms with E-state index >= 15 is 0 Å². The Labute approximate surface area is 111 Å². The fourth-order valence-electron chi connectivity index (χ4n) is 2.69. The molecule has 1 aliphatic heterocycles. The smallest absolute Gasteiger partial charge is 0.241 e. The van der Waals surface area contributed by atoms with E-state index in [0.717, 1.165) is 19.3 Å². The number of nitrogens with one attached hydrogen (secondary N) is 1. The zero-order valence-corrected chi connectivity index (χ0v) is 12.4. The van der Waals surface area contributed by atoms with E-state index in [9.17, 15) is 4.79 Å². The fraction of sp³-hybridized carbons (Fsp3) is 0.929. The number of ether oxygens (including phenoxy) is 1. The summed E-state index contributed by atoms with van der Waals surface area (Å²) in [5.74, 6) is 0.819. The van der Waals surface area contributed by atoms with Crippen LogP contribution in [0.15, 0.2) is 0 Å². The summed E-state index contributed by atoms with van der Waals surface area (Å²) >= 11 is 0. The van der Waals surface area contributed by atoms with Crippen molar-refractivity contribution in [1.82, 2.24) is 10.2 Å². The van der Waals surface area contributed by atoms with Gasteiger partial charge >= 0.3 is 0 Å². The Kier molecular flexibility index (Phi) is 6.09. The van der Waals surface area contributed by atoms with Crippen LogP contribution in [-0.4, -0.2) is 42.8 Å². The first-order chi connectivity index (χ1) is 8.51. The van der Waals surface area contributed by atoms with Crippen molar-refractivity contribution in [2.75, 3.05) is 13.7 Å².